The molecule has 3 aromatic heterocycles. The Balaban J connectivity index is 0.747. The SMILES string of the molecule is C=C=C(C)c1cc(N2CCN(CCC3CCN(CC4CC(Oc5ccc(-c6ccc7c8cnccc8n(C)c7c6)cn5)C4)CC3)CC2)ccc1C(=O)C(=C)C(CCC(=O)C=C)C(C)=C=C. The number of benzene rings is 2. The van der Waals surface area contributed by atoms with Crippen LogP contribution in [0.15, 0.2) is 128 Å². The molecule has 65 heavy (non-hydrogen) atoms. The molecule has 5 aromatic rings. The van der Waals surface area contributed by atoms with Crippen molar-refractivity contribution < 1.29 is 14.3 Å². The van der Waals surface area contributed by atoms with E-state index in [1.807, 2.05) is 44.6 Å². The molecular formula is C56H64N6O3. The molecule has 0 bridgehead atoms. The number of carbonyl (C=O) groups excluding carboxylic acids is 2. The molecule has 1 unspecified atom stereocenters. The van der Waals surface area contributed by atoms with Gasteiger partial charge in [-0.2, -0.15) is 0 Å². The number of aromatic nitrogens is 3. The van der Waals surface area contributed by atoms with Crippen LogP contribution in [-0.4, -0.2) is 94.4 Å². The molecular weight excluding hydrogens is 805 g/mol. The lowest BCUT2D eigenvalue weighted by atomic mass is 9.81. The van der Waals surface area contributed by atoms with Crippen LogP contribution in [0.4, 0.5) is 5.69 Å². The summed E-state index contributed by atoms with van der Waals surface area (Å²) in [5.41, 5.74) is 15.1. The smallest absolute Gasteiger partial charge is 0.213 e. The van der Waals surface area contributed by atoms with E-state index in [9.17, 15) is 9.59 Å². The molecule has 3 fully saturated rings. The summed E-state index contributed by atoms with van der Waals surface area (Å²) in [5, 5.41) is 2.39. The van der Waals surface area contributed by atoms with Crippen molar-refractivity contribution in [2.24, 2.45) is 24.8 Å². The van der Waals surface area contributed by atoms with Gasteiger partial charge >= 0.3 is 0 Å². The summed E-state index contributed by atoms with van der Waals surface area (Å²) >= 11 is 0. The van der Waals surface area contributed by atoms with Gasteiger partial charge in [0.2, 0.25) is 5.88 Å². The van der Waals surface area contributed by atoms with Crippen LogP contribution in [-0.2, 0) is 11.8 Å². The summed E-state index contributed by atoms with van der Waals surface area (Å²) < 4.78 is 8.55. The molecule has 0 spiro atoms. The minimum absolute atomic E-state index is 0.0625. The first-order chi connectivity index (χ1) is 31.5. The van der Waals surface area contributed by atoms with Crippen LogP contribution in [0.5, 0.6) is 5.88 Å². The Bertz CT molecular complexity index is 2680. The van der Waals surface area contributed by atoms with Gasteiger partial charge in [0.15, 0.2) is 11.6 Å². The Morgan fingerprint density at radius 3 is 2.32 bits per heavy atom. The lowest BCUT2D eigenvalue weighted by molar-refractivity contribution is -0.114. The van der Waals surface area contributed by atoms with E-state index < -0.39 is 0 Å². The Kier molecular flexibility index (Phi) is 14.3. The van der Waals surface area contributed by atoms with E-state index in [1.54, 1.807) is 0 Å². The van der Waals surface area contributed by atoms with Crippen LogP contribution in [0.25, 0.3) is 38.5 Å². The number of ether oxygens (including phenoxy) is 1. The van der Waals surface area contributed by atoms with Crippen LogP contribution in [0.1, 0.15) is 74.7 Å². The number of Topliss-reactive ketones (excluding diaryl/α,β-unsaturated/α-hetero) is 1. The van der Waals surface area contributed by atoms with E-state index >= 15 is 0 Å². The number of allylic oxidation sites excluding steroid dienone is 4. The van der Waals surface area contributed by atoms with Gasteiger partial charge in [-0.25, -0.2) is 4.98 Å². The Labute approximate surface area is 385 Å². The normalized spacial score (nSPS) is 18.7. The average molecular weight is 869 g/mol. The molecule has 1 atom stereocenters. The fourth-order valence-corrected chi connectivity index (χ4v) is 10.2. The van der Waals surface area contributed by atoms with E-state index in [2.05, 4.69) is 112 Å². The first kappa shape index (κ1) is 45.5. The monoisotopic (exact) mass is 869 g/mol. The van der Waals surface area contributed by atoms with Crippen LogP contribution in [0.2, 0.25) is 0 Å². The second-order valence-electron chi connectivity index (χ2n) is 18.5. The molecule has 2 saturated heterocycles. The number of anilines is 1. The van der Waals surface area contributed by atoms with Gasteiger partial charge in [0.1, 0.15) is 6.10 Å². The molecule has 0 radical (unpaired) electrons. The zero-order chi connectivity index (χ0) is 45.6. The molecule has 1 aliphatic carbocycles. The van der Waals surface area contributed by atoms with Crippen molar-refractivity contribution in [3.05, 3.63) is 139 Å². The zero-order valence-corrected chi connectivity index (χ0v) is 38.7. The molecule has 9 nitrogen and oxygen atoms in total. The van der Waals surface area contributed by atoms with Gasteiger partial charge in [0.25, 0.3) is 0 Å². The molecule has 3 aliphatic rings. The van der Waals surface area contributed by atoms with Gasteiger partial charge in [0.05, 0.1) is 5.52 Å². The maximum Gasteiger partial charge on any atom is 0.213 e. The quantitative estimate of drug-likeness (QED) is 0.0489. The molecule has 1 saturated carbocycles. The van der Waals surface area contributed by atoms with Gasteiger partial charge < -0.3 is 19.1 Å². The number of ketones is 2. The third-order valence-corrected chi connectivity index (χ3v) is 14.5. The minimum Gasteiger partial charge on any atom is -0.474 e. The number of pyridine rings is 2. The molecule has 2 aliphatic heterocycles. The van der Waals surface area contributed by atoms with E-state index in [0.717, 1.165) is 85.0 Å². The Morgan fingerprint density at radius 1 is 0.846 bits per heavy atom. The molecule has 0 N–H and O–H groups in total. The summed E-state index contributed by atoms with van der Waals surface area (Å²) in [4.78, 5) is 42.8. The maximum absolute atomic E-state index is 14.0. The molecule has 0 amide bonds. The standard InChI is InChI=1S/C56H64N6O3/c1-8-38(4)48(17-14-46(63)10-3)40(6)56(64)50-16-13-45(34-51(50)39(5)9-2)62-29-27-60(28-30-62)24-20-41-21-25-61(26-22-41)37-42-31-47(32-42)65-55-18-12-44(35-58-55)43-11-15-49-52-36-57-23-19-53(52)59(7)54(49)33-43/h10-13,15-16,18-19,23,33-36,41-42,47-48H,1-3,6,14,17,20-22,24-32,37H2,4-5,7H3. The predicted octanol–water partition coefficient (Wildman–Crippen LogP) is 10.7. The minimum atomic E-state index is -0.329. The van der Waals surface area contributed by atoms with Crippen LogP contribution in [0, 0.1) is 17.8 Å². The summed E-state index contributed by atoms with van der Waals surface area (Å²) in [5.74, 6) is 1.65. The number of hydrogen-bond donors (Lipinski definition) is 0. The fraction of sp³-hybridized carbons (Fsp3) is 0.393. The highest BCUT2D eigenvalue weighted by Crippen LogP contribution is 2.36. The van der Waals surface area contributed by atoms with Gasteiger partial charge in [0, 0.05) is 115 Å². The van der Waals surface area contributed by atoms with E-state index in [1.165, 1.54) is 66.8 Å². The van der Waals surface area contributed by atoms with E-state index in [-0.39, 0.29) is 30.0 Å². The third-order valence-electron chi connectivity index (χ3n) is 14.5. The van der Waals surface area contributed by atoms with Gasteiger partial charge in [-0.3, -0.25) is 19.5 Å². The second kappa shape index (κ2) is 20.4. The highest BCUT2D eigenvalue weighted by atomic mass is 16.5. The van der Waals surface area contributed by atoms with Crippen molar-refractivity contribution >= 4 is 44.6 Å². The highest BCUT2D eigenvalue weighted by Gasteiger charge is 2.34. The van der Waals surface area contributed by atoms with Crippen LogP contribution in [0.3, 0.4) is 0 Å². The van der Waals surface area contributed by atoms with Crippen molar-refractivity contribution in [1.82, 2.24) is 24.3 Å². The van der Waals surface area contributed by atoms with Crippen molar-refractivity contribution in [2.45, 2.75) is 64.9 Å². The molecule has 9 heteroatoms. The van der Waals surface area contributed by atoms with Gasteiger partial charge in [-0.15, -0.1) is 11.5 Å². The zero-order valence-electron chi connectivity index (χ0n) is 38.7. The number of piperidine rings is 1. The fourth-order valence-electron chi connectivity index (χ4n) is 10.2. The van der Waals surface area contributed by atoms with Crippen molar-refractivity contribution in [2.75, 3.05) is 57.3 Å². The molecule has 5 heterocycles. The predicted molar refractivity (Wildman–Crippen MR) is 265 cm³/mol. The Hall–Kier alpha value is -6.08. The number of fused-ring (bicyclic) bond motifs is 3. The van der Waals surface area contributed by atoms with Crippen molar-refractivity contribution in [1.29, 1.82) is 0 Å². The van der Waals surface area contributed by atoms with Gasteiger partial charge in [-0.1, -0.05) is 38.4 Å². The summed E-state index contributed by atoms with van der Waals surface area (Å²) in [6.45, 7) is 27.9. The van der Waals surface area contributed by atoms with Crippen LogP contribution < -0.4 is 9.64 Å². The van der Waals surface area contributed by atoms with E-state index in [4.69, 9.17) is 9.72 Å². The molecule has 8 rings (SSSR count). The lowest BCUT2D eigenvalue weighted by Gasteiger charge is -2.41. The average Bonchev–Trinajstić information content (AvgIpc) is 3.62. The van der Waals surface area contributed by atoms with Crippen molar-refractivity contribution in [3.63, 3.8) is 0 Å². The first-order valence-corrected chi connectivity index (χ1v) is 23.4. The van der Waals surface area contributed by atoms with Gasteiger partial charge in [-0.05, 0) is 149 Å². The summed E-state index contributed by atoms with van der Waals surface area (Å²) in [6.07, 6.45) is 14.0. The summed E-state index contributed by atoms with van der Waals surface area (Å²) in [7, 11) is 2.11. The maximum atomic E-state index is 14.0. The molecule has 336 valence electrons. The number of carbonyl (C=O) groups is 2. The number of piperazine rings is 1. The number of likely N-dealkylation sites (tertiary alicyclic amines) is 1. The largest absolute Gasteiger partial charge is 0.474 e. The summed E-state index contributed by atoms with van der Waals surface area (Å²) in [6, 6.07) is 18.9. The number of hydrogen-bond acceptors (Lipinski definition) is 8. The first-order valence-electron chi connectivity index (χ1n) is 23.4. The number of rotatable bonds is 18. The molecule has 2 aromatic carbocycles. The lowest BCUT2D eigenvalue weighted by Crippen LogP contribution is -2.47. The Morgan fingerprint density at radius 2 is 1.62 bits per heavy atom. The second-order valence-corrected chi connectivity index (χ2v) is 18.5. The highest BCUT2D eigenvalue weighted by molar-refractivity contribution is 6.12. The third kappa shape index (κ3) is 10.3. The number of aryl methyl sites for hydroxylation is 1. The number of nitrogens with zero attached hydrogens (tertiary/aromatic N) is 6. The van der Waals surface area contributed by atoms with E-state index in [0.29, 0.717) is 29.4 Å². The van der Waals surface area contributed by atoms with Crippen LogP contribution >= 0.6 is 0 Å². The topological polar surface area (TPSA) is 83.8 Å². The van der Waals surface area contributed by atoms with Crippen molar-refractivity contribution in [3.8, 4) is 17.0 Å².